The first kappa shape index (κ1) is 9.64. The number of nitrogens with two attached hydrogens (primary N) is 1. The van der Waals surface area contributed by atoms with E-state index in [-0.39, 0.29) is 0 Å². The molecule has 0 aliphatic heterocycles. The van der Waals surface area contributed by atoms with E-state index in [4.69, 9.17) is 10.8 Å². The first-order valence-electron chi connectivity index (χ1n) is 3.21. The van der Waals surface area contributed by atoms with Gasteiger partial charge >= 0.3 is 17.2 Å². The Balaban J connectivity index is 3.61. The van der Waals surface area contributed by atoms with Gasteiger partial charge in [-0.1, -0.05) is 0 Å². The fourth-order valence-corrected chi connectivity index (χ4v) is 0.803. The Kier molecular flexibility index (Phi) is 2.15. The van der Waals surface area contributed by atoms with Crippen molar-refractivity contribution < 1.29 is 14.8 Å². The summed E-state index contributed by atoms with van der Waals surface area (Å²) in [6.07, 6.45) is 0. The third-order valence-electron chi connectivity index (χ3n) is 1.30. The monoisotopic (exact) mass is 200 g/mol. The van der Waals surface area contributed by atoms with Gasteiger partial charge in [0, 0.05) is 0 Å². The number of H-pyrrole nitrogens is 1. The highest BCUT2D eigenvalue weighted by molar-refractivity contribution is 5.90. The number of aromatic nitrogens is 2. The summed E-state index contributed by atoms with van der Waals surface area (Å²) in [4.78, 5) is 35.5. The van der Waals surface area contributed by atoms with Crippen molar-refractivity contribution >= 4 is 17.6 Å². The summed E-state index contributed by atoms with van der Waals surface area (Å²) in [5.74, 6) is -2.17. The summed E-state index contributed by atoms with van der Waals surface area (Å²) < 4.78 is 0. The molecule has 9 heteroatoms. The van der Waals surface area contributed by atoms with Crippen molar-refractivity contribution in [1.82, 2.24) is 9.97 Å². The van der Waals surface area contributed by atoms with Crippen LogP contribution in [0.15, 0.2) is 4.79 Å². The molecule has 0 spiro atoms. The molecule has 9 nitrogen and oxygen atoms in total. The summed E-state index contributed by atoms with van der Waals surface area (Å²) in [6.45, 7) is 0. The van der Waals surface area contributed by atoms with Gasteiger partial charge in [-0.05, 0) is 0 Å². The molecule has 74 valence electrons. The number of hydrogen-bond acceptors (Lipinski definition) is 6. The van der Waals surface area contributed by atoms with Gasteiger partial charge in [-0.25, -0.2) is 9.78 Å². The molecule has 0 saturated heterocycles. The lowest BCUT2D eigenvalue weighted by Gasteiger charge is -1.96. The highest BCUT2D eigenvalue weighted by Gasteiger charge is 2.26. The van der Waals surface area contributed by atoms with Gasteiger partial charge in [0.1, 0.15) is 0 Å². The van der Waals surface area contributed by atoms with Crippen LogP contribution in [-0.4, -0.2) is 26.0 Å². The van der Waals surface area contributed by atoms with Crippen molar-refractivity contribution in [2.24, 2.45) is 0 Å². The molecule has 14 heavy (non-hydrogen) atoms. The van der Waals surface area contributed by atoms with Gasteiger partial charge in [0.25, 0.3) is 0 Å². The fraction of sp³-hybridized carbons (Fsp3) is 0. The molecule has 0 unspecified atom stereocenters. The Morgan fingerprint density at radius 3 is 2.64 bits per heavy atom. The predicted molar refractivity (Wildman–Crippen MR) is 42.9 cm³/mol. The minimum Gasteiger partial charge on any atom is -0.476 e. The van der Waals surface area contributed by atoms with Crippen LogP contribution in [0.1, 0.15) is 10.5 Å². The number of anilines is 1. The van der Waals surface area contributed by atoms with Crippen molar-refractivity contribution in [2.75, 3.05) is 5.73 Å². The summed E-state index contributed by atoms with van der Waals surface area (Å²) in [7, 11) is 0. The largest absolute Gasteiger partial charge is 0.476 e. The average Bonchev–Trinajstić information content (AvgIpc) is 2.01. The van der Waals surface area contributed by atoms with Gasteiger partial charge in [-0.2, -0.15) is 0 Å². The number of nitrogen functional groups attached to an aromatic ring is 1. The quantitative estimate of drug-likeness (QED) is 0.407. The maximum absolute atomic E-state index is 10.9. The third kappa shape index (κ3) is 1.50. The molecular weight excluding hydrogens is 196 g/mol. The second-order valence-corrected chi connectivity index (χ2v) is 2.21. The van der Waals surface area contributed by atoms with Crippen LogP contribution in [0.2, 0.25) is 0 Å². The van der Waals surface area contributed by atoms with Crippen LogP contribution >= 0.6 is 0 Å². The summed E-state index contributed by atoms with van der Waals surface area (Å²) >= 11 is 0. The van der Waals surface area contributed by atoms with Crippen molar-refractivity contribution in [2.45, 2.75) is 0 Å². The lowest BCUT2D eigenvalue weighted by Crippen LogP contribution is -2.20. The zero-order valence-electron chi connectivity index (χ0n) is 6.55. The minimum atomic E-state index is -1.69. The Morgan fingerprint density at radius 1 is 1.64 bits per heavy atom. The van der Waals surface area contributed by atoms with Crippen LogP contribution in [0.25, 0.3) is 0 Å². The van der Waals surface area contributed by atoms with Crippen molar-refractivity contribution in [1.29, 1.82) is 0 Å². The number of nitro groups is 1. The Bertz CT molecular complexity index is 464. The molecule has 1 aromatic heterocycles. The fourth-order valence-electron chi connectivity index (χ4n) is 0.803. The van der Waals surface area contributed by atoms with E-state index < -0.39 is 33.8 Å². The maximum atomic E-state index is 10.9. The number of nitrogens with one attached hydrogen (secondary N) is 1. The minimum absolute atomic E-state index is 0.488. The number of aromatic carboxylic acids is 1. The van der Waals surface area contributed by atoms with Gasteiger partial charge < -0.3 is 10.8 Å². The molecular formula is C5H4N4O5. The van der Waals surface area contributed by atoms with E-state index in [1.165, 1.54) is 0 Å². The van der Waals surface area contributed by atoms with Crippen LogP contribution in [0.4, 0.5) is 11.6 Å². The molecule has 0 bridgehead atoms. The Labute approximate surface area is 75.3 Å². The molecule has 4 N–H and O–H groups in total. The average molecular weight is 200 g/mol. The van der Waals surface area contributed by atoms with Crippen molar-refractivity contribution in [3.8, 4) is 0 Å². The first-order chi connectivity index (χ1) is 6.43. The van der Waals surface area contributed by atoms with E-state index in [9.17, 15) is 19.7 Å². The molecule has 0 amide bonds. The molecule has 1 heterocycles. The van der Waals surface area contributed by atoms with Gasteiger partial charge in [0.2, 0.25) is 11.6 Å². The van der Waals surface area contributed by atoms with Crippen LogP contribution in [0.3, 0.4) is 0 Å². The SMILES string of the molecule is Nc1nc(C(=O)O)c([N+](=O)[O-])c(=O)[nH]1. The number of carbonyl (C=O) groups is 1. The summed E-state index contributed by atoms with van der Waals surface area (Å²) in [6, 6.07) is 0. The Hall–Kier alpha value is -2.45. The van der Waals surface area contributed by atoms with Crippen molar-refractivity contribution in [3.05, 3.63) is 26.2 Å². The normalized spacial score (nSPS) is 9.71. The van der Waals surface area contributed by atoms with E-state index in [2.05, 4.69) is 4.98 Å². The number of rotatable bonds is 2. The highest BCUT2D eigenvalue weighted by atomic mass is 16.6. The maximum Gasteiger partial charge on any atom is 0.366 e. The number of nitrogens with zero attached hydrogens (tertiary/aromatic N) is 2. The molecule has 0 radical (unpaired) electrons. The summed E-state index contributed by atoms with van der Waals surface area (Å²) in [5.41, 5.74) is 1.71. The van der Waals surface area contributed by atoms with Crippen LogP contribution in [-0.2, 0) is 0 Å². The second kappa shape index (κ2) is 3.12. The standard InChI is InChI=1S/C5H4N4O5/c6-5-7-1(4(11)12)2(9(13)14)3(10)8-5/h(H,11,12)(H3,6,7,8,10). The van der Waals surface area contributed by atoms with E-state index in [0.29, 0.717) is 0 Å². The zero-order chi connectivity index (χ0) is 10.9. The summed E-state index contributed by atoms with van der Waals surface area (Å²) in [5, 5.41) is 18.8. The molecule has 0 aromatic carbocycles. The molecule has 0 aliphatic carbocycles. The molecule has 0 atom stereocenters. The van der Waals surface area contributed by atoms with Gasteiger partial charge in [0.15, 0.2) is 0 Å². The lowest BCUT2D eigenvalue weighted by molar-refractivity contribution is -0.386. The molecule has 0 aliphatic rings. The lowest BCUT2D eigenvalue weighted by atomic mass is 10.3. The first-order valence-corrected chi connectivity index (χ1v) is 3.21. The van der Waals surface area contributed by atoms with Crippen molar-refractivity contribution in [3.63, 3.8) is 0 Å². The van der Waals surface area contributed by atoms with Gasteiger partial charge in [-0.15, -0.1) is 0 Å². The molecule has 0 fully saturated rings. The van der Waals surface area contributed by atoms with E-state index in [0.717, 1.165) is 0 Å². The molecule has 0 saturated carbocycles. The van der Waals surface area contributed by atoms with E-state index in [1.54, 1.807) is 0 Å². The smallest absolute Gasteiger partial charge is 0.366 e. The Morgan fingerprint density at radius 2 is 2.21 bits per heavy atom. The number of aromatic amines is 1. The van der Waals surface area contributed by atoms with Crippen LogP contribution in [0, 0.1) is 10.1 Å². The number of carboxylic acids is 1. The molecule has 1 rings (SSSR count). The second-order valence-electron chi connectivity index (χ2n) is 2.21. The topological polar surface area (TPSA) is 152 Å². The van der Waals surface area contributed by atoms with Gasteiger partial charge in [-0.3, -0.25) is 19.9 Å². The van der Waals surface area contributed by atoms with Gasteiger partial charge in [0.05, 0.1) is 4.92 Å². The molecule has 1 aromatic rings. The number of hydrogen-bond donors (Lipinski definition) is 3. The predicted octanol–water partition coefficient (Wildman–Crippen LogP) is -1.04. The van der Waals surface area contributed by atoms with E-state index >= 15 is 0 Å². The third-order valence-corrected chi connectivity index (χ3v) is 1.30. The van der Waals surface area contributed by atoms with Crippen LogP contribution in [0.5, 0.6) is 0 Å². The van der Waals surface area contributed by atoms with E-state index in [1.807, 2.05) is 4.98 Å². The zero-order valence-corrected chi connectivity index (χ0v) is 6.55. The number of carboxylic acid groups (broad SMARTS) is 1. The van der Waals surface area contributed by atoms with Crippen LogP contribution < -0.4 is 11.3 Å². The highest BCUT2D eigenvalue weighted by Crippen LogP contribution is 2.10.